The Hall–Kier alpha value is -2.02. The molecule has 24 heavy (non-hydrogen) atoms. The topological polar surface area (TPSA) is 26.0 Å². The molecule has 2 N–H and O–H groups in total. The predicted octanol–water partition coefficient (Wildman–Crippen LogP) is 5.20. The van der Waals surface area contributed by atoms with Crippen molar-refractivity contribution in [2.45, 2.75) is 24.7 Å². The normalized spacial score (nSPS) is 12.7. The second-order valence-corrected chi connectivity index (χ2v) is 5.38. The van der Waals surface area contributed by atoms with E-state index in [-0.39, 0.29) is 24.1 Å². The zero-order valence-corrected chi connectivity index (χ0v) is 12.5. The number of hydrogen-bond donors (Lipinski definition) is 1. The quantitative estimate of drug-likeness (QED) is 0.756. The second-order valence-electron chi connectivity index (χ2n) is 5.38. The number of benzene rings is 2. The van der Waals surface area contributed by atoms with E-state index in [0.717, 1.165) is 24.3 Å². The van der Waals surface area contributed by atoms with Gasteiger partial charge in [0.15, 0.2) is 0 Å². The average Bonchev–Trinajstić information content (AvgIpc) is 2.51. The first kappa shape index (κ1) is 18.3. The van der Waals surface area contributed by atoms with E-state index in [4.69, 9.17) is 5.73 Å². The number of halogens is 6. The molecule has 2 aromatic carbocycles. The van der Waals surface area contributed by atoms with E-state index in [1.165, 1.54) is 24.3 Å². The van der Waals surface area contributed by atoms with Gasteiger partial charge in [0.25, 0.3) is 0 Å². The molecule has 2 aromatic rings. The molecule has 0 spiro atoms. The van der Waals surface area contributed by atoms with E-state index in [0.29, 0.717) is 0 Å². The molecule has 1 nitrogen and oxygen atoms in total. The van der Waals surface area contributed by atoms with Crippen molar-refractivity contribution in [3.8, 4) is 0 Å². The lowest BCUT2D eigenvalue weighted by molar-refractivity contribution is -0.138. The molecule has 0 saturated carbocycles. The van der Waals surface area contributed by atoms with Gasteiger partial charge in [-0.15, -0.1) is 0 Å². The van der Waals surface area contributed by atoms with Crippen LogP contribution in [0.4, 0.5) is 26.3 Å². The van der Waals surface area contributed by atoms with Crippen LogP contribution in [-0.4, -0.2) is 6.54 Å². The lowest BCUT2D eigenvalue weighted by atomic mass is 9.87. The molecular weight excluding hydrogens is 332 g/mol. The highest BCUT2D eigenvalue weighted by atomic mass is 19.4. The molecule has 0 aliphatic carbocycles. The highest BCUT2D eigenvalue weighted by Gasteiger charge is 2.32. The Morgan fingerprint density at radius 2 is 1.17 bits per heavy atom. The summed E-state index contributed by atoms with van der Waals surface area (Å²) in [4.78, 5) is 0. The first-order valence-corrected chi connectivity index (χ1v) is 7.17. The Kier molecular flexibility index (Phi) is 5.22. The van der Waals surface area contributed by atoms with Crippen molar-refractivity contribution >= 4 is 0 Å². The van der Waals surface area contributed by atoms with Crippen LogP contribution in [0.15, 0.2) is 48.5 Å². The zero-order valence-electron chi connectivity index (χ0n) is 12.5. The van der Waals surface area contributed by atoms with Gasteiger partial charge in [0.05, 0.1) is 11.1 Å². The summed E-state index contributed by atoms with van der Waals surface area (Å²) in [5.41, 5.74) is 4.40. The summed E-state index contributed by atoms with van der Waals surface area (Å²) in [5, 5.41) is 0. The summed E-state index contributed by atoms with van der Waals surface area (Å²) in [6, 6.07) is 9.20. The third-order valence-electron chi connectivity index (χ3n) is 3.69. The van der Waals surface area contributed by atoms with Crippen molar-refractivity contribution in [1.82, 2.24) is 0 Å². The average molecular weight is 347 g/mol. The van der Waals surface area contributed by atoms with E-state index in [1.807, 2.05) is 0 Å². The van der Waals surface area contributed by atoms with Crippen LogP contribution < -0.4 is 5.73 Å². The van der Waals surface area contributed by atoms with Gasteiger partial charge in [0.1, 0.15) is 0 Å². The molecule has 0 aliphatic rings. The van der Waals surface area contributed by atoms with Crippen LogP contribution in [0.1, 0.15) is 34.6 Å². The van der Waals surface area contributed by atoms with Gasteiger partial charge in [0.2, 0.25) is 0 Å². The molecule has 0 fully saturated rings. The SMILES string of the molecule is NCCC(c1cccc(C(F)(F)F)c1)c1cccc(C(F)(F)F)c1. The molecule has 0 aliphatic heterocycles. The molecule has 0 unspecified atom stereocenters. The van der Waals surface area contributed by atoms with Crippen molar-refractivity contribution in [3.63, 3.8) is 0 Å². The number of alkyl halides is 6. The summed E-state index contributed by atoms with van der Waals surface area (Å²) in [5.74, 6) is -0.639. The molecule has 2 rings (SSSR count). The lowest BCUT2D eigenvalue weighted by Gasteiger charge is -2.20. The van der Waals surface area contributed by atoms with E-state index >= 15 is 0 Å². The molecule has 0 saturated heterocycles. The lowest BCUT2D eigenvalue weighted by Crippen LogP contribution is -2.12. The zero-order chi connectivity index (χ0) is 18.0. The van der Waals surface area contributed by atoms with Gasteiger partial charge >= 0.3 is 12.4 Å². The minimum absolute atomic E-state index is 0.136. The van der Waals surface area contributed by atoms with Crippen molar-refractivity contribution in [1.29, 1.82) is 0 Å². The van der Waals surface area contributed by atoms with Crippen LogP contribution in [-0.2, 0) is 12.4 Å². The van der Waals surface area contributed by atoms with E-state index in [2.05, 4.69) is 0 Å². The minimum Gasteiger partial charge on any atom is -0.330 e. The highest BCUT2D eigenvalue weighted by molar-refractivity contribution is 5.38. The Bertz CT molecular complexity index is 632. The molecule has 0 atom stereocenters. The van der Waals surface area contributed by atoms with Crippen LogP contribution in [0.3, 0.4) is 0 Å². The maximum Gasteiger partial charge on any atom is 0.416 e. The van der Waals surface area contributed by atoms with Gasteiger partial charge in [-0.1, -0.05) is 36.4 Å². The monoisotopic (exact) mass is 347 g/mol. The molecular formula is C17H15F6N. The standard InChI is InChI=1S/C17H15F6N/c18-16(19,20)13-5-1-3-11(9-13)15(7-8-24)12-4-2-6-14(10-12)17(21,22)23/h1-6,9-10,15H,7-8,24H2. The van der Waals surface area contributed by atoms with E-state index in [1.54, 1.807) is 0 Å². The molecule has 0 heterocycles. The largest absolute Gasteiger partial charge is 0.416 e. The molecule has 0 aromatic heterocycles. The van der Waals surface area contributed by atoms with E-state index in [9.17, 15) is 26.3 Å². The van der Waals surface area contributed by atoms with Gasteiger partial charge < -0.3 is 5.73 Å². The molecule has 0 radical (unpaired) electrons. The van der Waals surface area contributed by atoms with Crippen LogP contribution in [0.5, 0.6) is 0 Å². The maximum absolute atomic E-state index is 12.9. The fourth-order valence-corrected chi connectivity index (χ4v) is 2.56. The van der Waals surface area contributed by atoms with Crippen LogP contribution in [0.25, 0.3) is 0 Å². The fourth-order valence-electron chi connectivity index (χ4n) is 2.56. The first-order chi connectivity index (χ1) is 11.1. The minimum atomic E-state index is -4.52. The Morgan fingerprint density at radius 3 is 1.50 bits per heavy atom. The van der Waals surface area contributed by atoms with Gasteiger partial charge in [-0.3, -0.25) is 0 Å². The first-order valence-electron chi connectivity index (χ1n) is 7.17. The van der Waals surface area contributed by atoms with Crippen LogP contribution >= 0.6 is 0 Å². The number of rotatable bonds is 4. The van der Waals surface area contributed by atoms with Gasteiger partial charge in [0, 0.05) is 5.92 Å². The van der Waals surface area contributed by atoms with Gasteiger partial charge in [-0.05, 0) is 36.2 Å². The number of hydrogen-bond acceptors (Lipinski definition) is 1. The predicted molar refractivity (Wildman–Crippen MR) is 78.4 cm³/mol. The molecule has 130 valence electrons. The highest BCUT2D eigenvalue weighted by Crippen LogP contribution is 2.36. The third kappa shape index (κ3) is 4.29. The van der Waals surface area contributed by atoms with Crippen LogP contribution in [0, 0.1) is 0 Å². The van der Waals surface area contributed by atoms with Crippen molar-refractivity contribution in [2.24, 2.45) is 5.73 Å². The van der Waals surface area contributed by atoms with Crippen molar-refractivity contribution < 1.29 is 26.3 Å². The van der Waals surface area contributed by atoms with Gasteiger partial charge in [-0.25, -0.2) is 0 Å². The second kappa shape index (κ2) is 6.84. The summed E-state index contributed by atoms with van der Waals surface area (Å²) >= 11 is 0. The van der Waals surface area contributed by atoms with Crippen molar-refractivity contribution in [3.05, 3.63) is 70.8 Å². The summed E-state index contributed by atoms with van der Waals surface area (Å²) < 4.78 is 77.2. The Morgan fingerprint density at radius 1 is 0.750 bits per heavy atom. The molecule has 0 bridgehead atoms. The van der Waals surface area contributed by atoms with Crippen molar-refractivity contribution in [2.75, 3.05) is 6.54 Å². The van der Waals surface area contributed by atoms with Gasteiger partial charge in [-0.2, -0.15) is 26.3 Å². The van der Waals surface area contributed by atoms with E-state index < -0.39 is 29.4 Å². The molecule has 0 amide bonds. The van der Waals surface area contributed by atoms with Crippen LogP contribution in [0.2, 0.25) is 0 Å². The summed E-state index contributed by atoms with van der Waals surface area (Å²) in [7, 11) is 0. The summed E-state index contributed by atoms with van der Waals surface area (Å²) in [6.07, 6.45) is -8.79. The maximum atomic E-state index is 12.9. The third-order valence-corrected chi connectivity index (χ3v) is 3.69. The molecule has 7 heteroatoms. The Balaban J connectivity index is 2.47. The number of nitrogens with two attached hydrogens (primary N) is 1. The smallest absolute Gasteiger partial charge is 0.330 e. The fraction of sp³-hybridized carbons (Fsp3) is 0.294. The Labute approximate surface area is 135 Å². The summed E-state index contributed by atoms with van der Waals surface area (Å²) in [6.45, 7) is 0.136.